The van der Waals surface area contributed by atoms with Gasteiger partial charge in [-0.15, -0.1) is 0 Å². The highest BCUT2D eigenvalue weighted by Gasteiger charge is 2.32. The second-order valence-corrected chi connectivity index (χ2v) is 5.24. The Hall–Kier alpha value is -2.41. The monoisotopic (exact) mass is 301 g/mol. The normalized spacial score (nSPS) is 19.3. The fourth-order valence-corrected chi connectivity index (χ4v) is 2.81. The van der Waals surface area contributed by atoms with Crippen molar-refractivity contribution in [2.45, 2.75) is 13.0 Å². The predicted octanol–water partition coefficient (Wildman–Crippen LogP) is 1.03. The number of piperazine rings is 1. The number of nitrogens with zero attached hydrogens (tertiary/aromatic N) is 4. The predicted molar refractivity (Wildman–Crippen MR) is 80.4 cm³/mol. The number of amides is 1. The van der Waals surface area contributed by atoms with Crippen molar-refractivity contribution in [2.24, 2.45) is 0 Å². The van der Waals surface area contributed by atoms with Crippen LogP contribution in [0.2, 0.25) is 0 Å². The van der Waals surface area contributed by atoms with Gasteiger partial charge in [-0.05, 0) is 18.7 Å². The molecule has 0 bridgehead atoms. The highest BCUT2D eigenvalue weighted by atomic mass is 16.3. The molecule has 0 spiro atoms. The topological polar surface area (TPSA) is 85.3 Å². The average molecular weight is 301 g/mol. The lowest BCUT2D eigenvalue weighted by atomic mass is 10.1. The van der Waals surface area contributed by atoms with Crippen molar-refractivity contribution in [1.29, 1.82) is 0 Å². The molecule has 7 nitrogen and oxygen atoms in total. The van der Waals surface area contributed by atoms with Crippen LogP contribution in [0.3, 0.4) is 0 Å². The van der Waals surface area contributed by atoms with Crippen molar-refractivity contribution in [2.75, 3.05) is 26.2 Å². The van der Waals surface area contributed by atoms with Gasteiger partial charge < -0.3 is 15.0 Å². The van der Waals surface area contributed by atoms with E-state index in [0.717, 1.165) is 18.9 Å². The number of carbonyl (C=O) groups excluding carboxylic acids is 1. The number of aromatic hydroxyl groups is 1. The van der Waals surface area contributed by atoms with Crippen LogP contribution in [0.15, 0.2) is 30.7 Å². The number of hydrogen-bond acceptors (Lipinski definition) is 5. The third-order valence-corrected chi connectivity index (χ3v) is 4.01. The Morgan fingerprint density at radius 1 is 1.41 bits per heavy atom. The molecular weight excluding hydrogens is 282 g/mol. The van der Waals surface area contributed by atoms with Crippen molar-refractivity contribution in [3.63, 3.8) is 0 Å². The van der Waals surface area contributed by atoms with Gasteiger partial charge in [0.15, 0.2) is 5.69 Å². The number of aromatic nitrogens is 3. The molecule has 0 radical (unpaired) electrons. The molecule has 2 aromatic rings. The summed E-state index contributed by atoms with van der Waals surface area (Å²) in [4.78, 5) is 28.0. The third-order valence-electron chi connectivity index (χ3n) is 4.01. The first-order valence-corrected chi connectivity index (χ1v) is 7.37. The van der Waals surface area contributed by atoms with Gasteiger partial charge in [0.05, 0.1) is 6.04 Å². The van der Waals surface area contributed by atoms with Gasteiger partial charge >= 0.3 is 0 Å². The Kier molecular flexibility index (Phi) is 4.06. The molecule has 2 aromatic heterocycles. The summed E-state index contributed by atoms with van der Waals surface area (Å²) < 4.78 is 0. The fourth-order valence-electron chi connectivity index (χ4n) is 2.81. The van der Waals surface area contributed by atoms with E-state index in [0.29, 0.717) is 13.1 Å². The molecule has 1 amide bonds. The second kappa shape index (κ2) is 6.15. The second-order valence-electron chi connectivity index (χ2n) is 5.24. The Bertz CT molecular complexity index is 643. The molecule has 0 unspecified atom stereocenters. The molecule has 1 saturated heterocycles. The minimum atomic E-state index is -0.245. The zero-order valence-electron chi connectivity index (χ0n) is 12.4. The highest BCUT2D eigenvalue weighted by Crippen LogP contribution is 2.24. The molecule has 1 aliphatic heterocycles. The van der Waals surface area contributed by atoms with Crippen molar-refractivity contribution in [3.8, 4) is 5.75 Å². The Balaban J connectivity index is 1.81. The summed E-state index contributed by atoms with van der Waals surface area (Å²) in [6.45, 7) is 4.89. The first-order valence-electron chi connectivity index (χ1n) is 7.37. The van der Waals surface area contributed by atoms with Crippen LogP contribution in [0, 0.1) is 0 Å². The lowest BCUT2D eigenvalue weighted by Crippen LogP contribution is -2.50. The van der Waals surface area contributed by atoms with Crippen LogP contribution < -0.4 is 0 Å². The summed E-state index contributed by atoms with van der Waals surface area (Å²) in [6, 6.07) is 3.11. The molecule has 0 saturated carbocycles. The maximum absolute atomic E-state index is 12.6. The molecule has 0 aromatic carbocycles. The molecule has 7 heteroatoms. The van der Waals surface area contributed by atoms with E-state index in [1.54, 1.807) is 23.4 Å². The number of hydrogen-bond donors (Lipinski definition) is 2. The van der Waals surface area contributed by atoms with Gasteiger partial charge in [-0.25, -0.2) is 9.97 Å². The van der Waals surface area contributed by atoms with Crippen molar-refractivity contribution < 1.29 is 9.90 Å². The number of nitrogens with one attached hydrogen (secondary N) is 1. The van der Waals surface area contributed by atoms with Gasteiger partial charge in [0.25, 0.3) is 5.91 Å². The molecule has 1 aliphatic rings. The zero-order chi connectivity index (χ0) is 15.5. The number of pyridine rings is 1. The molecule has 1 fully saturated rings. The third kappa shape index (κ3) is 2.67. The van der Waals surface area contributed by atoms with Crippen molar-refractivity contribution in [1.82, 2.24) is 24.8 Å². The summed E-state index contributed by atoms with van der Waals surface area (Å²) in [5.41, 5.74) is 0.102. The van der Waals surface area contributed by atoms with E-state index in [1.807, 2.05) is 0 Å². The zero-order valence-corrected chi connectivity index (χ0v) is 12.4. The standard InChI is InChI=1S/C15H19N5O2/c1-2-19-8-9-20(10-11(19)14-17-6-7-18-14)15(22)13-12(21)4-3-5-16-13/h3-7,11,21H,2,8-10H2,1H3,(H,17,18)/t11-/m0/s1. The van der Waals surface area contributed by atoms with Gasteiger partial charge in [-0.3, -0.25) is 9.69 Å². The van der Waals surface area contributed by atoms with Gasteiger partial charge in [-0.2, -0.15) is 0 Å². The van der Waals surface area contributed by atoms with Crippen LogP contribution in [0.4, 0.5) is 0 Å². The van der Waals surface area contributed by atoms with Crippen LogP contribution in [0.1, 0.15) is 29.3 Å². The van der Waals surface area contributed by atoms with Crippen LogP contribution in [-0.2, 0) is 0 Å². The molecule has 2 N–H and O–H groups in total. The quantitative estimate of drug-likeness (QED) is 0.884. The molecule has 3 rings (SSSR count). The molecular formula is C15H19N5O2. The van der Waals surface area contributed by atoms with Crippen LogP contribution >= 0.6 is 0 Å². The summed E-state index contributed by atoms with van der Waals surface area (Å²) in [5, 5.41) is 9.82. The van der Waals surface area contributed by atoms with Gasteiger partial charge in [0.2, 0.25) is 0 Å². The fraction of sp³-hybridized carbons (Fsp3) is 0.400. The van der Waals surface area contributed by atoms with Gasteiger partial charge in [0.1, 0.15) is 11.6 Å². The maximum atomic E-state index is 12.6. The molecule has 1 atom stereocenters. The molecule has 3 heterocycles. The highest BCUT2D eigenvalue weighted by molar-refractivity contribution is 5.94. The smallest absolute Gasteiger partial charge is 0.276 e. The Labute approximate surface area is 128 Å². The van der Waals surface area contributed by atoms with E-state index in [-0.39, 0.29) is 23.4 Å². The summed E-state index contributed by atoms with van der Waals surface area (Å²) in [7, 11) is 0. The van der Waals surface area contributed by atoms with Gasteiger partial charge in [-0.1, -0.05) is 6.92 Å². The van der Waals surface area contributed by atoms with E-state index >= 15 is 0 Å². The summed E-state index contributed by atoms with van der Waals surface area (Å²) >= 11 is 0. The van der Waals surface area contributed by atoms with E-state index in [4.69, 9.17) is 0 Å². The number of likely N-dealkylation sites (N-methyl/N-ethyl adjacent to an activating group) is 1. The minimum absolute atomic E-state index is 0.0311. The molecule has 22 heavy (non-hydrogen) atoms. The summed E-state index contributed by atoms with van der Waals surface area (Å²) in [6.07, 6.45) is 5.02. The average Bonchev–Trinajstić information content (AvgIpc) is 3.08. The van der Waals surface area contributed by atoms with Crippen molar-refractivity contribution >= 4 is 5.91 Å². The van der Waals surface area contributed by atoms with Crippen LogP contribution in [0.5, 0.6) is 5.75 Å². The van der Waals surface area contributed by atoms with E-state index in [9.17, 15) is 9.90 Å². The van der Waals surface area contributed by atoms with Crippen LogP contribution in [-0.4, -0.2) is 61.9 Å². The minimum Gasteiger partial charge on any atom is -0.505 e. The Morgan fingerprint density at radius 2 is 2.27 bits per heavy atom. The van der Waals surface area contributed by atoms with E-state index in [1.165, 1.54) is 12.3 Å². The SMILES string of the molecule is CCN1CCN(C(=O)c2ncccc2O)C[C@H]1c1ncc[nH]1. The molecule has 116 valence electrons. The first kappa shape index (κ1) is 14.5. The number of rotatable bonds is 3. The maximum Gasteiger partial charge on any atom is 0.276 e. The summed E-state index contributed by atoms with van der Waals surface area (Å²) in [5.74, 6) is 0.523. The molecule has 0 aliphatic carbocycles. The van der Waals surface area contributed by atoms with Crippen LogP contribution in [0.25, 0.3) is 0 Å². The largest absolute Gasteiger partial charge is 0.505 e. The van der Waals surface area contributed by atoms with E-state index < -0.39 is 0 Å². The lowest BCUT2D eigenvalue weighted by Gasteiger charge is -2.39. The van der Waals surface area contributed by atoms with Gasteiger partial charge in [0, 0.05) is 38.2 Å². The lowest BCUT2D eigenvalue weighted by molar-refractivity contribution is 0.0472. The number of aromatic amines is 1. The first-order chi connectivity index (χ1) is 10.7. The number of carbonyl (C=O) groups is 1. The Morgan fingerprint density at radius 3 is 2.95 bits per heavy atom. The number of H-pyrrole nitrogens is 1. The van der Waals surface area contributed by atoms with Crippen molar-refractivity contribution in [3.05, 3.63) is 42.2 Å². The number of imidazole rings is 1. The van der Waals surface area contributed by atoms with E-state index in [2.05, 4.69) is 26.8 Å².